The van der Waals surface area contributed by atoms with Crippen LogP contribution in [-0.4, -0.2) is 36.9 Å². The Morgan fingerprint density at radius 3 is 2.21 bits per heavy atom. The fourth-order valence-corrected chi connectivity index (χ4v) is 1.92. The predicted molar refractivity (Wildman–Crippen MR) is 79.4 cm³/mol. The quantitative estimate of drug-likeness (QED) is 0.477. The van der Waals surface area contributed by atoms with Crippen LogP contribution in [0.5, 0.6) is 5.75 Å². The Kier molecular flexibility index (Phi) is 6.99. The van der Waals surface area contributed by atoms with Gasteiger partial charge >= 0.3 is 5.97 Å². The van der Waals surface area contributed by atoms with E-state index in [1.807, 2.05) is 12.1 Å². The summed E-state index contributed by atoms with van der Waals surface area (Å²) in [5, 5.41) is 0. The van der Waals surface area contributed by atoms with Crippen LogP contribution in [0, 0.1) is 0 Å². The second kappa shape index (κ2) is 8.25. The van der Waals surface area contributed by atoms with Crippen molar-refractivity contribution in [3.8, 4) is 5.75 Å². The minimum atomic E-state index is -0.635. The maximum absolute atomic E-state index is 11.3. The number of hydrogen-bond acceptors (Lipinski definition) is 4. The lowest BCUT2D eigenvalue weighted by Crippen LogP contribution is -2.31. The molecule has 0 radical (unpaired) electrons. The third-order valence-electron chi connectivity index (χ3n) is 2.50. The first-order valence-electron chi connectivity index (χ1n) is 6.02. The molecule has 0 aliphatic heterocycles. The maximum Gasteiger partial charge on any atom is 0.328 e. The van der Waals surface area contributed by atoms with E-state index >= 15 is 0 Å². The lowest BCUT2D eigenvalue weighted by atomic mass is 10.2. The predicted octanol–water partition coefficient (Wildman–Crippen LogP) is 2.22. The number of benzene rings is 1. The molecule has 106 valence electrons. The summed E-state index contributed by atoms with van der Waals surface area (Å²) in [6, 6.07) is 6.55. The zero-order chi connectivity index (χ0) is 14.3. The molecule has 1 aromatic carbocycles. The Labute approximate surface area is 123 Å². The van der Waals surface area contributed by atoms with E-state index in [1.165, 1.54) is 0 Å². The van der Waals surface area contributed by atoms with Crippen LogP contribution >= 0.6 is 23.2 Å². The van der Waals surface area contributed by atoms with E-state index in [4.69, 9.17) is 33.7 Å². The van der Waals surface area contributed by atoms with Gasteiger partial charge in [-0.2, -0.15) is 0 Å². The minimum absolute atomic E-state index is 0.453. The van der Waals surface area contributed by atoms with Gasteiger partial charge in [-0.1, -0.05) is 0 Å². The molecule has 2 N–H and O–H groups in total. The van der Waals surface area contributed by atoms with Crippen LogP contribution in [0.1, 0.15) is 6.92 Å². The molecule has 0 saturated carbocycles. The Bertz CT molecular complexity index is 390. The summed E-state index contributed by atoms with van der Waals surface area (Å²) >= 11 is 11.5. The highest BCUT2D eigenvalue weighted by atomic mass is 35.5. The van der Waals surface area contributed by atoms with Gasteiger partial charge in [-0.3, -0.25) is 0 Å². The van der Waals surface area contributed by atoms with E-state index in [9.17, 15) is 4.79 Å². The molecule has 4 nitrogen and oxygen atoms in total. The van der Waals surface area contributed by atoms with Crippen molar-refractivity contribution in [2.45, 2.75) is 13.0 Å². The van der Waals surface area contributed by atoms with Gasteiger partial charge in [0.25, 0.3) is 0 Å². The fourth-order valence-electron chi connectivity index (χ4n) is 1.51. The zero-order valence-corrected chi connectivity index (χ0v) is 12.3. The molecule has 0 aliphatic carbocycles. The van der Waals surface area contributed by atoms with Crippen LogP contribution in [0.2, 0.25) is 0 Å². The van der Waals surface area contributed by atoms with Gasteiger partial charge in [0.15, 0.2) is 0 Å². The average molecular weight is 305 g/mol. The van der Waals surface area contributed by atoms with Gasteiger partial charge in [0.1, 0.15) is 11.8 Å². The van der Waals surface area contributed by atoms with Gasteiger partial charge in [-0.05, 0) is 31.2 Å². The smallest absolute Gasteiger partial charge is 0.328 e. The van der Waals surface area contributed by atoms with E-state index in [0.29, 0.717) is 30.6 Å². The Balaban J connectivity index is 2.71. The third-order valence-corrected chi connectivity index (χ3v) is 2.84. The monoisotopic (exact) mass is 304 g/mol. The van der Waals surface area contributed by atoms with Crippen LogP contribution in [0.15, 0.2) is 24.3 Å². The SMILES string of the molecule is C[C@H](N)C(=O)Oc1ccc(N(CCCl)CCCl)cc1. The molecule has 0 spiro atoms. The molecular weight excluding hydrogens is 287 g/mol. The third kappa shape index (κ3) is 5.27. The summed E-state index contributed by atoms with van der Waals surface area (Å²) in [5.74, 6) is 1.07. The molecule has 0 aromatic heterocycles. The average Bonchev–Trinajstić information content (AvgIpc) is 2.39. The maximum atomic E-state index is 11.3. The summed E-state index contributed by atoms with van der Waals surface area (Å²) in [6.07, 6.45) is 0. The summed E-state index contributed by atoms with van der Waals surface area (Å²) in [5.41, 5.74) is 6.42. The molecule has 0 bridgehead atoms. The zero-order valence-electron chi connectivity index (χ0n) is 10.8. The van der Waals surface area contributed by atoms with Crippen LogP contribution < -0.4 is 15.4 Å². The number of hydrogen-bond donors (Lipinski definition) is 1. The van der Waals surface area contributed by atoms with Crippen molar-refractivity contribution in [3.63, 3.8) is 0 Å². The summed E-state index contributed by atoms with van der Waals surface area (Å²) in [7, 11) is 0. The highest BCUT2D eigenvalue weighted by molar-refractivity contribution is 6.18. The van der Waals surface area contributed by atoms with E-state index in [2.05, 4.69) is 4.90 Å². The summed E-state index contributed by atoms with van der Waals surface area (Å²) in [6.45, 7) is 3.01. The highest BCUT2D eigenvalue weighted by Crippen LogP contribution is 2.20. The molecule has 0 aliphatic rings. The molecular formula is C13H18Cl2N2O2. The van der Waals surface area contributed by atoms with Crippen molar-refractivity contribution in [2.75, 3.05) is 29.7 Å². The second-order valence-corrected chi connectivity index (χ2v) is 4.82. The number of anilines is 1. The van der Waals surface area contributed by atoms with E-state index in [0.717, 1.165) is 5.69 Å². The molecule has 1 atom stereocenters. The Morgan fingerprint density at radius 2 is 1.79 bits per heavy atom. The summed E-state index contributed by atoms with van der Waals surface area (Å²) < 4.78 is 5.10. The minimum Gasteiger partial charge on any atom is -0.425 e. The topological polar surface area (TPSA) is 55.6 Å². The van der Waals surface area contributed by atoms with Crippen molar-refractivity contribution < 1.29 is 9.53 Å². The van der Waals surface area contributed by atoms with E-state index < -0.39 is 12.0 Å². The first-order valence-corrected chi connectivity index (χ1v) is 7.09. The molecule has 1 rings (SSSR count). The van der Waals surface area contributed by atoms with Gasteiger partial charge < -0.3 is 15.4 Å². The lowest BCUT2D eigenvalue weighted by molar-refractivity contribution is -0.135. The van der Waals surface area contributed by atoms with Gasteiger partial charge in [0.05, 0.1) is 0 Å². The molecule has 0 fully saturated rings. The van der Waals surface area contributed by atoms with Crippen molar-refractivity contribution in [1.29, 1.82) is 0 Å². The van der Waals surface area contributed by atoms with Crippen LogP contribution in [-0.2, 0) is 4.79 Å². The van der Waals surface area contributed by atoms with Crippen molar-refractivity contribution in [2.24, 2.45) is 5.73 Å². The van der Waals surface area contributed by atoms with E-state index in [-0.39, 0.29) is 0 Å². The number of rotatable bonds is 7. The van der Waals surface area contributed by atoms with Crippen LogP contribution in [0.25, 0.3) is 0 Å². The normalized spacial score (nSPS) is 12.0. The molecule has 1 aromatic rings. The second-order valence-electron chi connectivity index (χ2n) is 4.07. The number of carbonyl (C=O) groups excluding carboxylic acids is 1. The van der Waals surface area contributed by atoms with Gasteiger partial charge in [0, 0.05) is 30.5 Å². The highest BCUT2D eigenvalue weighted by Gasteiger charge is 2.11. The number of carbonyl (C=O) groups is 1. The molecule has 6 heteroatoms. The molecule has 0 saturated heterocycles. The number of esters is 1. The molecule has 0 amide bonds. The van der Waals surface area contributed by atoms with Crippen LogP contribution in [0.4, 0.5) is 5.69 Å². The first-order chi connectivity index (χ1) is 9.08. The fraction of sp³-hybridized carbons (Fsp3) is 0.462. The summed E-state index contributed by atoms with van der Waals surface area (Å²) in [4.78, 5) is 13.4. The van der Waals surface area contributed by atoms with E-state index in [1.54, 1.807) is 19.1 Å². The largest absolute Gasteiger partial charge is 0.425 e. The first kappa shape index (κ1) is 16.1. The molecule has 0 unspecified atom stereocenters. The molecule has 19 heavy (non-hydrogen) atoms. The van der Waals surface area contributed by atoms with Gasteiger partial charge in [0.2, 0.25) is 0 Å². The van der Waals surface area contributed by atoms with Crippen molar-refractivity contribution in [1.82, 2.24) is 0 Å². The lowest BCUT2D eigenvalue weighted by Gasteiger charge is -2.22. The Morgan fingerprint density at radius 1 is 1.26 bits per heavy atom. The number of halogens is 2. The van der Waals surface area contributed by atoms with Gasteiger partial charge in [-0.15, -0.1) is 23.2 Å². The molecule has 0 heterocycles. The number of alkyl halides is 2. The van der Waals surface area contributed by atoms with Crippen molar-refractivity contribution >= 4 is 34.9 Å². The van der Waals surface area contributed by atoms with Crippen LogP contribution in [0.3, 0.4) is 0 Å². The van der Waals surface area contributed by atoms with Gasteiger partial charge in [-0.25, -0.2) is 4.79 Å². The number of ether oxygens (including phenoxy) is 1. The number of nitrogens with two attached hydrogens (primary N) is 1. The number of nitrogens with zero attached hydrogens (tertiary/aromatic N) is 1. The van der Waals surface area contributed by atoms with Crippen molar-refractivity contribution in [3.05, 3.63) is 24.3 Å². The Hall–Kier alpha value is -0.970. The standard InChI is InChI=1S/C13H18Cl2N2O2/c1-10(16)13(18)19-12-4-2-11(3-5-12)17(8-6-14)9-7-15/h2-5,10H,6-9,16H2,1H3/t10-/m0/s1.